The smallest absolute Gasteiger partial charge is 0.270 e. The number of likely N-dealkylation sites (tertiary alicyclic amines) is 1. The van der Waals surface area contributed by atoms with Crippen LogP contribution >= 0.6 is 0 Å². The predicted octanol–water partition coefficient (Wildman–Crippen LogP) is 2.40. The molecule has 1 aromatic heterocycles. The molecule has 2 aromatic rings. The van der Waals surface area contributed by atoms with Crippen molar-refractivity contribution in [1.29, 1.82) is 0 Å². The molecule has 2 fully saturated rings. The molecular formula is C17H20N2O2. The molecule has 1 saturated heterocycles. The molecule has 1 aliphatic carbocycles. The number of aromatic nitrogens is 1. The third-order valence-electron chi connectivity index (χ3n) is 5.11. The van der Waals surface area contributed by atoms with Gasteiger partial charge in [-0.15, -0.1) is 0 Å². The summed E-state index contributed by atoms with van der Waals surface area (Å²) in [4.78, 5) is 17.8. The molecule has 2 N–H and O–H groups in total. The van der Waals surface area contributed by atoms with Gasteiger partial charge in [-0.3, -0.25) is 4.79 Å². The highest BCUT2D eigenvalue weighted by molar-refractivity contribution is 5.98. The molecule has 3 atom stereocenters. The van der Waals surface area contributed by atoms with Gasteiger partial charge in [0.25, 0.3) is 5.91 Å². The number of benzene rings is 1. The number of carbonyl (C=O) groups is 1. The maximum atomic E-state index is 12.7. The maximum absolute atomic E-state index is 12.7. The van der Waals surface area contributed by atoms with Gasteiger partial charge in [0.2, 0.25) is 0 Å². The Kier molecular flexibility index (Phi) is 3.00. The summed E-state index contributed by atoms with van der Waals surface area (Å²) in [7, 11) is 0. The average Bonchev–Trinajstić information content (AvgIpc) is 3.11. The summed E-state index contributed by atoms with van der Waals surface area (Å²) in [5, 5.41) is 11.2. The standard InChI is InChI=1S/C17H20N2O2/c20-16-7-3-5-12-9-19(10-13(12)16)17(21)15-8-11-4-1-2-6-14(11)18-15/h1-2,4,6,8,12-13,16,18,20H,3,5,7,9-10H2/t12-,13+,16-/m1/s1. The van der Waals surface area contributed by atoms with Crippen LogP contribution in [0, 0.1) is 11.8 Å². The van der Waals surface area contributed by atoms with Crippen molar-refractivity contribution in [2.75, 3.05) is 13.1 Å². The van der Waals surface area contributed by atoms with Gasteiger partial charge in [-0.1, -0.05) is 24.6 Å². The van der Waals surface area contributed by atoms with E-state index in [0.29, 0.717) is 18.2 Å². The number of amides is 1. The molecule has 1 aliphatic heterocycles. The van der Waals surface area contributed by atoms with Crippen molar-refractivity contribution in [2.24, 2.45) is 11.8 Å². The first-order valence-electron chi connectivity index (χ1n) is 7.77. The van der Waals surface area contributed by atoms with E-state index in [1.165, 1.54) is 0 Å². The number of hydrogen-bond donors (Lipinski definition) is 2. The van der Waals surface area contributed by atoms with Gasteiger partial charge in [0.05, 0.1) is 6.10 Å². The quantitative estimate of drug-likeness (QED) is 0.845. The van der Waals surface area contributed by atoms with Gasteiger partial charge in [-0.2, -0.15) is 0 Å². The fourth-order valence-electron chi connectivity index (χ4n) is 3.97. The highest BCUT2D eigenvalue weighted by Crippen LogP contribution is 2.36. The van der Waals surface area contributed by atoms with E-state index in [1.54, 1.807) is 0 Å². The number of carbonyl (C=O) groups excluding carboxylic acids is 1. The van der Waals surface area contributed by atoms with E-state index in [0.717, 1.165) is 36.7 Å². The van der Waals surface area contributed by atoms with Crippen molar-refractivity contribution in [3.8, 4) is 0 Å². The Morgan fingerprint density at radius 2 is 2.10 bits per heavy atom. The number of nitrogens with zero attached hydrogens (tertiary/aromatic N) is 1. The largest absolute Gasteiger partial charge is 0.393 e. The second-order valence-electron chi connectivity index (χ2n) is 6.40. The lowest BCUT2D eigenvalue weighted by Crippen LogP contribution is -2.32. The first-order chi connectivity index (χ1) is 10.2. The van der Waals surface area contributed by atoms with Gasteiger partial charge in [-0.25, -0.2) is 0 Å². The second-order valence-corrected chi connectivity index (χ2v) is 6.40. The molecular weight excluding hydrogens is 264 g/mol. The first-order valence-corrected chi connectivity index (χ1v) is 7.77. The van der Waals surface area contributed by atoms with Gasteiger partial charge < -0.3 is 15.0 Å². The van der Waals surface area contributed by atoms with Crippen LogP contribution in [0.15, 0.2) is 30.3 Å². The van der Waals surface area contributed by atoms with E-state index < -0.39 is 0 Å². The Labute approximate surface area is 123 Å². The molecule has 4 nitrogen and oxygen atoms in total. The molecule has 1 amide bonds. The number of aliphatic hydroxyl groups is 1. The zero-order valence-electron chi connectivity index (χ0n) is 12.0. The number of H-pyrrole nitrogens is 1. The number of para-hydroxylation sites is 1. The van der Waals surface area contributed by atoms with E-state index in [4.69, 9.17) is 0 Å². The van der Waals surface area contributed by atoms with Gasteiger partial charge >= 0.3 is 0 Å². The van der Waals surface area contributed by atoms with Crippen molar-refractivity contribution in [2.45, 2.75) is 25.4 Å². The van der Waals surface area contributed by atoms with Crippen LogP contribution in [-0.2, 0) is 0 Å². The number of fused-ring (bicyclic) bond motifs is 2. The Morgan fingerprint density at radius 3 is 2.90 bits per heavy atom. The fraction of sp³-hybridized carbons (Fsp3) is 0.471. The van der Waals surface area contributed by atoms with Crippen LogP contribution < -0.4 is 0 Å². The summed E-state index contributed by atoms with van der Waals surface area (Å²) in [6, 6.07) is 9.87. The predicted molar refractivity (Wildman–Crippen MR) is 81.0 cm³/mol. The monoisotopic (exact) mass is 284 g/mol. The van der Waals surface area contributed by atoms with Crippen molar-refractivity contribution in [1.82, 2.24) is 9.88 Å². The molecule has 2 heterocycles. The van der Waals surface area contributed by atoms with Crippen LogP contribution in [-0.4, -0.2) is 40.1 Å². The average molecular weight is 284 g/mol. The minimum atomic E-state index is -0.232. The topological polar surface area (TPSA) is 56.3 Å². The molecule has 110 valence electrons. The molecule has 0 unspecified atom stereocenters. The third kappa shape index (κ3) is 2.14. The molecule has 4 heteroatoms. The molecule has 0 bridgehead atoms. The van der Waals surface area contributed by atoms with Crippen LogP contribution in [0.3, 0.4) is 0 Å². The Hall–Kier alpha value is -1.81. The zero-order chi connectivity index (χ0) is 14.4. The number of nitrogens with one attached hydrogen (secondary N) is 1. The minimum Gasteiger partial charge on any atom is -0.393 e. The summed E-state index contributed by atoms with van der Waals surface area (Å²) in [6.07, 6.45) is 2.87. The Balaban J connectivity index is 1.57. The summed E-state index contributed by atoms with van der Waals surface area (Å²) in [5.74, 6) is 0.807. The summed E-state index contributed by atoms with van der Waals surface area (Å²) >= 11 is 0. The lowest BCUT2D eigenvalue weighted by molar-refractivity contribution is 0.0539. The Bertz CT molecular complexity index is 645. The molecule has 0 spiro atoms. The van der Waals surface area contributed by atoms with Crippen molar-refractivity contribution < 1.29 is 9.90 Å². The van der Waals surface area contributed by atoms with E-state index in [9.17, 15) is 9.90 Å². The highest BCUT2D eigenvalue weighted by Gasteiger charge is 2.41. The summed E-state index contributed by atoms with van der Waals surface area (Å²) in [5.41, 5.74) is 1.65. The lowest BCUT2D eigenvalue weighted by atomic mass is 9.80. The van der Waals surface area contributed by atoms with Crippen LogP contribution in [0.5, 0.6) is 0 Å². The second kappa shape index (κ2) is 4.88. The third-order valence-corrected chi connectivity index (χ3v) is 5.11. The van der Waals surface area contributed by atoms with Crippen LogP contribution in [0.25, 0.3) is 10.9 Å². The molecule has 1 aromatic carbocycles. The van der Waals surface area contributed by atoms with E-state index in [2.05, 4.69) is 4.98 Å². The van der Waals surface area contributed by atoms with E-state index in [-0.39, 0.29) is 17.9 Å². The molecule has 21 heavy (non-hydrogen) atoms. The van der Waals surface area contributed by atoms with Crippen molar-refractivity contribution in [3.05, 3.63) is 36.0 Å². The van der Waals surface area contributed by atoms with Crippen LogP contribution in [0.1, 0.15) is 29.8 Å². The summed E-state index contributed by atoms with van der Waals surface area (Å²) in [6.45, 7) is 1.48. The normalized spacial score (nSPS) is 28.8. The number of rotatable bonds is 1. The SMILES string of the molecule is O=C(c1cc2ccccc2[nH]1)N1C[C@H]2CCC[C@@H](O)[C@H]2C1. The van der Waals surface area contributed by atoms with Crippen molar-refractivity contribution >= 4 is 16.8 Å². The number of aromatic amines is 1. The van der Waals surface area contributed by atoms with Crippen LogP contribution in [0.2, 0.25) is 0 Å². The molecule has 1 saturated carbocycles. The lowest BCUT2D eigenvalue weighted by Gasteiger charge is -2.28. The van der Waals surface area contributed by atoms with E-state index >= 15 is 0 Å². The summed E-state index contributed by atoms with van der Waals surface area (Å²) < 4.78 is 0. The van der Waals surface area contributed by atoms with Gasteiger partial charge in [0.1, 0.15) is 5.69 Å². The van der Waals surface area contributed by atoms with E-state index in [1.807, 2.05) is 35.2 Å². The number of hydrogen-bond acceptors (Lipinski definition) is 2. The zero-order valence-corrected chi connectivity index (χ0v) is 12.0. The maximum Gasteiger partial charge on any atom is 0.270 e. The molecule has 2 aliphatic rings. The number of aliphatic hydroxyl groups excluding tert-OH is 1. The highest BCUT2D eigenvalue weighted by atomic mass is 16.3. The first kappa shape index (κ1) is 12.9. The van der Waals surface area contributed by atoms with Gasteiger partial charge in [-0.05, 0) is 30.9 Å². The van der Waals surface area contributed by atoms with Crippen LogP contribution in [0.4, 0.5) is 0 Å². The fourth-order valence-corrected chi connectivity index (χ4v) is 3.97. The Morgan fingerprint density at radius 1 is 1.24 bits per heavy atom. The minimum absolute atomic E-state index is 0.0628. The van der Waals surface area contributed by atoms with Gasteiger partial charge in [0, 0.05) is 29.9 Å². The van der Waals surface area contributed by atoms with Gasteiger partial charge in [0.15, 0.2) is 0 Å². The molecule has 0 radical (unpaired) electrons. The molecule has 4 rings (SSSR count). The van der Waals surface area contributed by atoms with Crippen molar-refractivity contribution in [3.63, 3.8) is 0 Å².